The summed E-state index contributed by atoms with van der Waals surface area (Å²) in [7, 11) is 0. The van der Waals surface area contributed by atoms with Gasteiger partial charge in [0.2, 0.25) is 0 Å². The average Bonchev–Trinajstić information content (AvgIpc) is 2.71. The second kappa shape index (κ2) is 8.61. The third kappa shape index (κ3) is 4.61. The number of dihydropyridines is 1. The molecule has 0 saturated heterocycles. The third-order valence-corrected chi connectivity index (χ3v) is 6.53. The van der Waals surface area contributed by atoms with Crippen LogP contribution in [0.5, 0.6) is 0 Å². The standard InChI is InChI=1S/C26H26INO3/c1-16-22(25(30)31-15-17-8-5-4-6-9-17)23(18-10-7-11-19(27)12-18)24-20(28-16)13-26(2,3)14-21(24)29/h4-12,23,28H,13-15H2,1-3H3/t23-/m0/s1. The highest BCUT2D eigenvalue weighted by atomic mass is 127. The number of allylic oxidation sites excluding steroid dienone is 3. The van der Waals surface area contributed by atoms with Crippen molar-refractivity contribution < 1.29 is 14.3 Å². The third-order valence-electron chi connectivity index (χ3n) is 5.85. The van der Waals surface area contributed by atoms with E-state index < -0.39 is 5.92 Å². The van der Waals surface area contributed by atoms with E-state index in [1.54, 1.807) is 0 Å². The fourth-order valence-corrected chi connectivity index (χ4v) is 5.09. The van der Waals surface area contributed by atoms with Gasteiger partial charge < -0.3 is 10.1 Å². The largest absolute Gasteiger partial charge is 0.457 e. The Morgan fingerprint density at radius 2 is 1.87 bits per heavy atom. The van der Waals surface area contributed by atoms with Crippen LogP contribution in [0.1, 0.15) is 50.7 Å². The number of carbonyl (C=O) groups excluding carboxylic acids is 2. The lowest BCUT2D eigenvalue weighted by Crippen LogP contribution is -2.38. The molecule has 0 unspecified atom stereocenters. The van der Waals surface area contributed by atoms with Crippen LogP contribution in [0.15, 0.2) is 77.1 Å². The van der Waals surface area contributed by atoms with Crippen LogP contribution in [0, 0.1) is 8.99 Å². The zero-order valence-corrected chi connectivity index (χ0v) is 20.2. The van der Waals surface area contributed by atoms with Gasteiger partial charge in [-0.25, -0.2) is 4.79 Å². The summed E-state index contributed by atoms with van der Waals surface area (Å²) in [4.78, 5) is 26.6. The van der Waals surface area contributed by atoms with E-state index in [4.69, 9.17) is 4.74 Å². The molecule has 0 radical (unpaired) electrons. The number of ketones is 1. The zero-order valence-electron chi connectivity index (χ0n) is 18.0. The highest BCUT2D eigenvalue weighted by Gasteiger charge is 2.43. The van der Waals surface area contributed by atoms with Gasteiger partial charge in [-0.3, -0.25) is 4.79 Å². The molecule has 2 aliphatic rings. The summed E-state index contributed by atoms with van der Waals surface area (Å²) in [5.41, 5.74) is 4.68. The normalized spacial score (nSPS) is 20.3. The van der Waals surface area contributed by atoms with Gasteiger partial charge in [0, 0.05) is 32.9 Å². The van der Waals surface area contributed by atoms with Gasteiger partial charge in [0.1, 0.15) is 6.61 Å². The molecule has 0 amide bonds. The van der Waals surface area contributed by atoms with Crippen molar-refractivity contribution in [2.75, 3.05) is 0 Å². The molecule has 5 heteroatoms. The predicted octanol–water partition coefficient (Wildman–Crippen LogP) is 5.64. The summed E-state index contributed by atoms with van der Waals surface area (Å²) in [6, 6.07) is 17.7. The maximum absolute atomic E-state index is 13.3. The van der Waals surface area contributed by atoms with E-state index in [-0.39, 0.29) is 23.8 Å². The maximum atomic E-state index is 13.3. The van der Waals surface area contributed by atoms with Crippen molar-refractivity contribution in [2.45, 2.75) is 46.1 Å². The number of benzene rings is 2. The Hall–Kier alpha value is -2.41. The number of rotatable bonds is 4. The topological polar surface area (TPSA) is 55.4 Å². The summed E-state index contributed by atoms with van der Waals surface area (Å²) in [6.07, 6.45) is 1.25. The average molecular weight is 527 g/mol. The SMILES string of the molecule is CC1=C(C(=O)OCc2ccccc2)[C@H](c2cccc(I)c2)C2=C(CC(C)(C)CC2=O)N1. The molecule has 0 saturated carbocycles. The molecule has 4 rings (SSSR count). The number of Topliss-reactive ketones (excluding diaryl/α,β-unsaturated/α-hetero) is 1. The Balaban J connectivity index is 1.74. The monoisotopic (exact) mass is 527 g/mol. The number of hydrogen-bond acceptors (Lipinski definition) is 4. The van der Waals surface area contributed by atoms with E-state index in [2.05, 4.69) is 41.8 Å². The molecular weight excluding hydrogens is 501 g/mol. The van der Waals surface area contributed by atoms with Gasteiger partial charge >= 0.3 is 5.97 Å². The summed E-state index contributed by atoms with van der Waals surface area (Å²) in [6.45, 7) is 6.32. The van der Waals surface area contributed by atoms with Gasteiger partial charge in [-0.1, -0.05) is 56.3 Å². The summed E-state index contributed by atoms with van der Waals surface area (Å²) < 4.78 is 6.77. The molecule has 160 valence electrons. The Morgan fingerprint density at radius 1 is 1.13 bits per heavy atom. The smallest absolute Gasteiger partial charge is 0.337 e. The molecule has 1 N–H and O–H groups in total. The number of carbonyl (C=O) groups is 2. The lowest BCUT2D eigenvalue weighted by Gasteiger charge is -2.39. The molecular formula is C26H26INO3. The molecule has 1 atom stereocenters. The van der Waals surface area contributed by atoms with Crippen molar-refractivity contribution in [3.63, 3.8) is 0 Å². The molecule has 1 aliphatic heterocycles. The molecule has 0 aromatic heterocycles. The van der Waals surface area contributed by atoms with Gasteiger partial charge in [0.15, 0.2) is 5.78 Å². The van der Waals surface area contributed by atoms with Crippen molar-refractivity contribution >= 4 is 34.3 Å². The molecule has 2 aromatic carbocycles. The minimum atomic E-state index is -0.419. The lowest BCUT2D eigenvalue weighted by molar-refractivity contribution is -0.140. The van der Waals surface area contributed by atoms with Crippen molar-refractivity contribution in [3.8, 4) is 0 Å². The van der Waals surface area contributed by atoms with Crippen molar-refractivity contribution in [1.29, 1.82) is 0 Å². The summed E-state index contributed by atoms with van der Waals surface area (Å²) >= 11 is 2.27. The van der Waals surface area contributed by atoms with Crippen LogP contribution in [0.3, 0.4) is 0 Å². The van der Waals surface area contributed by atoms with Gasteiger partial charge in [-0.2, -0.15) is 0 Å². The van der Waals surface area contributed by atoms with Gasteiger partial charge in [-0.05, 0) is 64.6 Å². The molecule has 0 spiro atoms. The van der Waals surface area contributed by atoms with Crippen LogP contribution in [0.25, 0.3) is 0 Å². The molecule has 1 heterocycles. The van der Waals surface area contributed by atoms with Crippen LogP contribution in [-0.4, -0.2) is 11.8 Å². The molecule has 4 nitrogen and oxygen atoms in total. The number of halogens is 1. The fraction of sp³-hybridized carbons (Fsp3) is 0.308. The van der Waals surface area contributed by atoms with E-state index in [1.165, 1.54) is 0 Å². The van der Waals surface area contributed by atoms with Crippen LogP contribution in [-0.2, 0) is 20.9 Å². The zero-order chi connectivity index (χ0) is 22.2. The van der Waals surface area contributed by atoms with E-state index in [9.17, 15) is 9.59 Å². The minimum absolute atomic E-state index is 0.100. The van der Waals surface area contributed by atoms with Gasteiger partial charge in [-0.15, -0.1) is 0 Å². The number of nitrogens with one attached hydrogen (secondary N) is 1. The number of ether oxygens (including phenoxy) is 1. The molecule has 1 aliphatic carbocycles. The van der Waals surface area contributed by atoms with Crippen LogP contribution in [0.2, 0.25) is 0 Å². The van der Waals surface area contributed by atoms with Crippen molar-refractivity contribution in [3.05, 3.63) is 91.8 Å². The Labute approximate surface area is 196 Å². The fourth-order valence-electron chi connectivity index (χ4n) is 4.53. The quantitative estimate of drug-likeness (QED) is 0.413. The highest BCUT2D eigenvalue weighted by Crippen LogP contribution is 2.46. The maximum Gasteiger partial charge on any atom is 0.337 e. The van der Waals surface area contributed by atoms with Crippen LogP contribution >= 0.6 is 22.6 Å². The second-order valence-electron chi connectivity index (χ2n) is 9.05. The van der Waals surface area contributed by atoms with E-state index >= 15 is 0 Å². The second-order valence-corrected chi connectivity index (χ2v) is 10.3. The molecule has 31 heavy (non-hydrogen) atoms. The van der Waals surface area contributed by atoms with Gasteiger partial charge in [0.05, 0.1) is 5.57 Å². The first-order valence-electron chi connectivity index (χ1n) is 10.5. The summed E-state index contributed by atoms with van der Waals surface area (Å²) in [5, 5.41) is 3.38. The first kappa shape index (κ1) is 21.8. The molecule has 0 bridgehead atoms. The Morgan fingerprint density at radius 3 is 2.58 bits per heavy atom. The number of hydrogen-bond donors (Lipinski definition) is 1. The Bertz CT molecular complexity index is 1100. The van der Waals surface area contributed by atoms with E-state index in [1.807, 2.05) is 61.5 Å². The first-order valence-corrected chi connectivity index (χ1v) is 11.5. The lowest BCUT2D eigenvalue weighted by atomic mass is 9.68. The summed E-state index contributed by atoms with van der Waals surface area (Å²) in [5.74, 6) is -0.705. The van der Waals surface area contributed by atoms with Crippen LogP contribution in [0.4, 0.5) is 0 Å². The van der Waals surface area contributed by atoms with Crippen molar-refractivity contribution in [1.82, 2.24) is 5.32 Å². The van der Waals surface area contributed by atoms with Crippen LogP contribution < -0.4 is 5.32 Å². The number of esters is 1. The predicted molar refractivity (Wildman–Crippen MR) is 129 cm³/mol. The Kier molecular flexibility index (Phi) is 6.06. The minimum Gasteiger partial charge on any atom is -0.457 e. The molecule has 0 fully saturated rings. The first-order chi connectivity index (χ1) is 14.7. The molecule has 2 aromatic rings. The van der Waals surface area contributed by atoms with E-state index in [0.29, 0.717) is 17.6 Å². The van der Waals surface area contributed by atoms with Gasteiger partial charge in [0.25, 0.3) is 0 Å². The van der Waals surface area contributed by atoms with E-state index in [0.717, 1.165) is 32.5 Å². The van der Waals surface area contributed by atoms with Crippen molar-refractivity contribution in [2.24, 2.45) is 5.41 Å². The highest BCUT2D eigenvalue weighted by molar-refractivity contribution is 14.1.